The summed E-state index contributed by atoms with van der Waals surface area (Å²) in [5.41, 5.74) is -0.763. The molecule has 0 aromatic carbocycles. The molecule has 0 saturated heterocycles. The van der Waals surface area contributed by atoms with Crippen molar-refractivity contribution in [3.8, 4) is 0 Å². The summed E-state index contributed by atoms with van der Waals surface area (Å²) in [5, 5.41) is 0. The summed E-state index contributed by atoms with van der Waals surface area (Å²) < 4.78 is 0. The summed E-state index contributed by atoms with van der Waals surface area (Å²) in [6.45, 7) is 0. The number of hydrogen-bond acceptors (Lipinski definition) is 6. The Labute approximate surface area is 135 Å². The molecule has 3 aliphatic carbocycles. The van der Waals surface area contributed by atoms with Crippen molar-refractivity contribution in [1.29, 1.82) is 0 Å². The first-order valence-corrected chi connectivity index (χ1v) is 6.86. The Balaban J connectivity index is 1.99. The van der Waals surface area contributed by atoms with Gasteiger partial charge in [-0.05, 0) is 48.6 Å². The number of allylic oxidation sites excluding steroid dienone is 12. The standard InChI is InChI=1S/C18H8O6/c19-9-1-3-15(21)11(5-9)13-7-18(24)14(8-17(13)23)12-6-10(20)2-4-16(12)22/h1-8H. The van der Waals surface area contributed by atoms with Crippen LogP contribution in [0.4, 0.5) is 0 Å². The van der Waals surface area contributed by atoms with Gasteiger partial charge in [-0.2, -0.15) is 0 Å². The molecule has 0 aromatic rings. The van der Waals surface area contributed by atoms with Crippen LogP contribution < -0.4 is 0 Å². The zero-order valence-corrected chi connectivity index (χ0v) is 12.1. The molecule has 24 heavy (non-hydrogen) atoms. The molecule has 0 bridgehead atoms. The van der Waals surface area contributed by atoms with E-state index in [1.165, 1.54) is 0 Å². The second kappa shape index (κ2) is 5.58. The normalized spacial score (nSPS) is 20.8. The van der Waals surface area contributed by atoms with Crippen molar-refractivity contribution in [2.24, 2.45) is 0 Å². The van der Waals surface area contributed by atoms with E-state index in [1.807, 2.05) is 0 Å². The minimum atomic E-state index is -0.692. The minimum absolute atomic E-state index is 0.170. The summed E-state index contributed by atoms with van der Waals surface area (Å²) in [7, 11) is 0. The van der Waals surface area contributed by atoms with Gasteiger partial charge in [0.1, 0.15) is 0 Å². The van der Waals surface area contributed by atoms with Crippen molar-refractivity contribution in [2.45, 2.75) is 0 Å². The highest BCUT2D eigenvalue weighted by Gasteiger charge is 2.30. The fraction of sp³-hybridized carbons (Fsp3) is 0. The molecule has 0 N–H and O–H groups in total. The van der Waals surface area contributed by atoms with Crippen molar-refractivity contribution in [1.82, 2.24) is 0 Å². The summed E-state index contributed by atoms with van der Waals surface area (Å²) >= 11 is 0. The second-order valence-corrected chi connectivity index (χ2v) is 5.16. The van der Waals surface area contributed by atoms with Crippen molar-refractivity contribution < 1.29 is 28.8 Å². The van der Waals surface area contributed by atoms with Gasteiger partial charge in [0.05, 0.1) is 0 Å². The largest absolute Gasteiger partial charge is 0.290 e. The van der Waals surface area contributed by atoms with Crippen LogP contribution in [0.1, 0.15) is 0 Å². The third-order valence-electron chi connectivity index (χ3n) is 3.56. The lowest BCUT2D eigenvalue weighted by molar-refractivity contribution is -0.117. The SMILES string of the molecule is O=C1C=CC(=O)C(C2=CC(=O)C(C3=CC(=O)C=CC3=O)=CC2=O)=C1. The zero-order valence-electron chi connectivity index (χ0n) is 12.1. The lowest BCUT2D eigenvalue weighted by Gasteiger charge is -2.16. The molecule has 0 aliphatic heterocycles. The summed E-state index contributed by atoms with van der Waals surface area (Å²) in [6, 6.07) is 0. The van der Waals surface area contributed by atoms with E-state index in [2.05, 4.69) is 0 Å². The number of ketones is 6. The van der Waals surface area contributed by atoms with Crippen LogP contribution in [0.5, 0.6) is 0 Å². The van der Waals surface area contributed by atoms with E-state index in [4.69, 9.17) is 0 Å². The fourth-order valence-electron chi connectivity index (χ4n) is 2.42. The van der Waals surface area contributed by atoms with E-state index in [-0.39, 0.29) is 22.3 Å². The molecule has 0 radical (unpaired) electrons. The third-order valence-corrected chi connectivity index (χ3v) is 3.56. The quantitative estimate of drug-likeness (QED) is 0.676. The van der Waals surface area contributed by atoms with E-state index >= 15 is 0 Å². The maximum Gasteiger partial charge on any atom is 0.187 e. The van der Waals surface area contributed by atoms with Gasteiger partial charge in [-0.15, -0.1) is 0 Å². The molecule has 3 rings (SSSR count). The van der Waals surface area contributed by atoms with Gasteiger partial charge in [-0.1, -0.05) is 0 Å². The van der Waals surface area contributed by atoms with E-state index in [1.54, 1.807) is 0 Å². The van der Waals surface area contributed by atoms with Gasteiger partial charge in [-0.25, -0.2) is 0 Å². The predicted octanol–water partition coefficient (Wildman–Crippen LogP) is 0.260. The van der Waals surface area contributed by atoms with E-state index < -0.39 is 34.7 Å². The molecular weight excluding hydrogens is 312 g/mol. The molecule has 0 amide bonds. The van der Waals surface area contributed by atoms with Crippen LogP contribution in [0.3, 0.4) is 0 Å². The molecule has 6 heteroatoms. The lowest BCUT2D eigenvalue weighted by atomic mass is 9.84. The Morgan fingerprint density at radius 3 is 1.08 bits per heavy atom. The Hall–Kier alpha value is -3.54. The second-order valence-electron chi connectivity index (χ2n) is 5.16. The van der Waals surface area contributed by atoms with Crippen LogP contribution in [0.15, 0.2) is 70.9 Å². The monoisotopic (exact) mass is 320 g/mol. The van der Waals surface area contributed by atoms with Gasteiger partial charge in [-0.3, -0.25) is 28.8 Å². The zero-order chi connectivity index (χ0) is 17.4. The van der Waals surface area contributed by atoms with Gasteiger partial charge in [0.25, 0.3) is 0 Å². The van der Waals surface area contributed by atoms with E-state index in [9.17, 15) is 28.8 Å². The fourth-order valence-corrected chi connectivity index (χ4v) is 2.42. The molecule has 0 aromatic heterocycles. The van der Waals surface area contributed by atoms with Crippen molar-refractivity contribution in [2.75, 3.05) is 0 Å². The highest BCUT2D eigenvalue weighted by molar-refractivity contribution is 6.33. The van der Waals surface area contributed by atoms with Crippen LogP contribution >= 0.6 is 0 Å². The summed E-state index contributed by atoms with van der Waals surface area (Å²) in [4.78, 5) is 70.9. The maximum absolute atomic E-state index is 12.3. The highest BCUT2D eigenvalue weighted by atomic mass is 16.2. The molecule has 0 saturated carbocycles. The molecule has 0 atom stereocenters. The van der Waals surface area contributed by atoms with E-state index in [0.717, 1.165) is 48.6 Å². The van der Waals surface area contributed by atoms with Crippen molar-refractivity contribution >= 4 is 34.7 Å². The predicted molar refractivity (Wildman–Crippen MR) is 80.7 cm³/mol. The number of hydrogen-bond donors (Lipinski definition) is 0. The Morgan fingerprint density at radius 1 is 0.375 bits per heavy atom. The highest BCUT2D eigenvalue weighted by Crippen LogP contribution is 2.26. The minimum Gasteiger partial charge on any atom is -0.290 e. The van der Waals surface area contributed by atoms with Gasteiger partial charge < -0.3 is 0 Å². The van der Waals surface area contributed by atoms with Crippen LogP contribution in [-0.2, 0) is 28.8 Å². The average Bonchev–Trinajstić information content (AvgIpc) is 2.54. The average molecular weight is 320 g/mol. The molecule has 0 spiro atoms. The van der Waals surface area contributed by atoms with Gasteiger partial charge in [0.2, 0.25) is 0 Å². The van der Waals surface area contributed by atoms with Crippen LogP contribution in [-0.4, -0.2) is 34.7 Å². The third kappa shape index (κ3) is 2.61. The van der Waals surface area contributed by atoms with Crippen LogP contribution in [0.25, 0.3) is 0 Å². The molecule has 0 fully saturated rings. The number of rotatable bonds is 2. The summed E-state index contributed by atoms with van der Waals surface area (Å²) in [6.07, 6.45) is 7.94. The Kier molecular flexibility index (Phi) is 3.57. The van der Waals surface area contributed by atoms with Gasteiger partial charge in [0.15, 0.2) is 34.7 Å². The van der Waals surface area contributed by atoms with Crippen molar-refractivity contribution in [3.05, 3.63) is 70.9 Å². The van der Waals surface area contributed by atoms with Gasteiger partial charge in [0, 0.05) is 22.3 Å². The molecule has 116 valence electrons. The number of carbonyl (C=O) groups is 6. The Bertz CT molecular complexity index is 866. The summed E-state index contributed by atoms with van der Waals surface area (Å²) in [5.74, 6) is -3.45. The molecule has 6 nitrogen and oxygen atoms in total. The van der Waals surface area contributed by atoms with Crippen molar-refractivity contribution in [3.63, 3.8) is 0 Å². The first-order chi connectivity index (χ1) is 11.4. The van der Waals surface area contributed by atoms with E-state index in [0.29, 0.717) is 0 Å². The Morgan fingerprint density at radius 2 is 0.708 bits per heavy atom. The molecule has 0 heterocycles. The lowest BCUT2D eigenvalue weighted by Crippen LogP contribution is -2.22. The molecular formula is C18H8O6. The smallest absolute Gasteiger partial charge is 0.187 e. The van der Waals surface area contributed by atoms with Crippen LogP contribution in [0.2, 0.25) is 0 Å². The maximum atomic E-state index is 12.3. The molecule has 3 aliphatic rings. The van der Waals surface area contributed by atoms with Gasteiger partial charge >= 0.3 is 0 Å². The first kappa shape index (κ1) is 15.4. The van der Waals surface area contributed by atoms with Crippen LogP contribution in [0, 0.1) is 0 Å². The first-order valence-electron chi connectivity index (χ1n) is 6.86. The topological polar surface area (TPSA) is 102 Å². The number of carbonyl (C=O) groups excluding carboxylic acids is 6. The molecule has 0 unspecified atom stereocenters.